The lowest BCUT2D eigenvalue weighted by molar-refractivity contribution is 0.290. The number of pyridine rings is 1. The number of unbranched alkanes of at least 4 members (excludes halogenated alkanes) is 1. The van der Waals surface area contributed by atoms with Gasteiger partial charge in [-0.05, 0) is 24.5 Å². The highest BCUT2D eigenvalue weighted by Gasteiger charge is 1.87. The zero-order chi connectivity index (χ0) is 9.52. The Kier molecular flexibility index (Phi) is 3.80. The van der Waals surface area contributed by atoms with Crippen LogP contribution >= 0.6 is 0 Å². The monoisotopic (exact) mass is 176 g/mol. The summed E-state index contributed by atoms with van der Waals surface area (Å²) < 4.78 is 0. The van der Waals surface area contributed by atoms with Gasteiger partial charge >= 0.3 is 0 Å². The summed E-state index contributed by atoms with van der Waals surface area (Å²) in [5.74, 6) is 5.77. The molecule has 0 bridgehead atoms. The molecule has 0 radical (unpaired) electrons. The number of nitrogens with two attached hydrogens (primary N) is 1. The summed E-state index contributed by atoms with van der Waals surface area (Å²) in [6.07, 6.45) is 3.02. The topological polar surface area (TPSA) is 59.1 Å². The summed E-state index contributed by atoms with van der Waals surface area (Å²) in [7, 11) is 0. The van der Waals surface area contributed by atoms with Gasteiger partial charge in [0.1, 0.15) is 5.69 Å². The van der Waals surface area contributed by atoms with E-state index in [0.717, 1.165) is 0 Å². The minimum absolute atomic E-state index is 0.180. The average Bonchev–Trinajstić information content (AvgIpc) is 2.13. The first-order chi connectivity index (χ1) is 6.33. The quantitative estimate of drug-likeness (QED) is 0.517. The lowest BCUT2D eigenvalue weighted by Gasteiger charge is -1.91. The smallest absolute Gasteiger partial charge is 0.115 e. The third kappa shape index (κ3) is 3.59. The van der Waals surface area contributed by atoms with Crippen LogP contribution in [-0.4, -0.2) is 16.7 Å². The maximum absolute atomic E-state index is 8.50. The Morgan fingerprint density at radius 3 is 3.08 bits per heavy atom. The van der Waals surface area contributed by atoms with Gasteiger partial charge in [-0.2, -0.15) is 0 Å². The van der Waals surface area contributed by atoms with Gasteiger partial charge in [-0.3, -0.25) is 0 Å². The van der Waals surface area contributed by atoms with Crippen LogP contribution in [0.5, 0.6) is 0 Å². The molecule has 0 aliphatic carbocycles. The van der Waals surface area contributed by atoms with Crippen molar-refractivity contribution in [2.24, 2.45) is 0 Å². The molecule has 0 unspecified atom stereocenters. The first-order valence-electron chi connectivity index (χ1n) is 4.14. The molecule has 0 saturated carbocycles. The van der Waals surface area contributed by atoms with Gasteiger partial charge in [0.15, 0.2) is 0 Å². The number of aliphatic hydroxyl groups excluding tert-OH is 1. The molecule has 0 aromatic carbocycles. The van der Waals surface area contributed by atoms with Crippen molar-refractivity contribution < 1.29 is 5.11 Å². The van der Waals surface area contributed by atoms with E-state index in [9.17, 15) is 0 Å². The molecule has 0 spiro atoms. The number of hydrogen-bond donors (Lipinski definition) is 2. The van der Waals surface area contributed by atoms with Crippen LogP contribution in [0.4, 0.5) is 5.69 Å². The van der Waals surface area contributed by atoms with Crippen molar-refractivity contribution in [3.05, 3.63) is 24.0 Å². The molecule has 3 nitrogen and oxygen atoms in total. The number of aromatic nitrogens is 1. The second-order valence-electron chi connectivity index (χ2n) is 2.60. The van der Waals surface area contributed by atoms with Crippen LogP contribution in [-0.2, 0) is 0 Å². The lowest BCUT2D eigenvalue weighted by Crippen LogP contribution is -1.87. The molecule has 0 fully saturated rings. The van der Waals surface area contributed by atoms with Crippen LogP contribution in [0, 0.1) is 11.8 Å². The molecule has 13 heavy (non-hydrogen) atoms. The Hall–Kier alpha value is -1.53. The highest BCUT2D eigenvalue weighted by atomic mass is 16.2. The van der Waals surface area contributed by atoms with Crippen LogP contribution in [0.2, 0.25) is 0 Å². The minimum atomic E-state index is 0.180. The third-order valence-corrected chi connectivity index (χ3v) is 1.46. The molecule has 0 amide bonds. The first kappa shape index (κ1) is 9.56. The van der Waals surface area contributed by atoms with E-state index in [1.54, 1.807) is 18.3 Å². The summed E-state index contributed by atoms with van der Waals surface area (Å²) in [6, 6.07) is 3.45. The van der Waals surface area contributed by atoms with Crippen molar-refractivity contribution in [2.45, 2.75) is 12.8 Å². The molecule has 3 heteroatoms. The largest absolute Gasteiger partial charge is 0.399 e. The van der Waals surface area contributed by atoms with E-state index in [1.165, 1.54) is 0 Å². The fourth-order valence-corrected chi connectivity index (χ4v) is 0.836. The Labute approximate surface area is 77.6 Å². The molecular formula is C10H12N2O. The molecule has 0 aliphatic rings. The van der Waals surface area contributed by atoms with E-state index in [4.69, 9.17) is 10.8 Å². The summed E-state index contributed by atoms with van der Waals surface area (Å²) >= 11 is 0. The first-order valence-corrected chi connectivity index (χ1v) is 4.14. The van der Waals surface area contributed by atoms with Crippen LogP contribution in [0.25, 0.3) is 0 Å². The van der Waals surface area contributed by atoms with Gasteiger partial charge in [0.05, 0.1) is 0 Å². The summed E-state index contributed by atoms with van der Waals surface area (Å²) in [4.78, 5) is 4.02. The molecule has 1 rings (SSSR count). The minimum Gasteiger partial charge on any atom is -0.399 e. The molecular weight excluding hydrogens is 164 g/mol. The van der Waals surface area contributed by atoms with Crippen molar-refractivity contribution >= 4 is 5.69 Å². The molecule has 68 valence electrons. The van der Waals surface area contributed by atoms with Gasteiger partial charge in [-0.1, -0.05) is 5.92 Å². The Morgan fingerprint density at radius 1 is 1.54 bits per heavy atom. The maximum atomic E-state index is 8.50. The maximum Gasteiger partial charge on any atom is 0.115 e. The molecule has 0 aliphatic heterocycles. The van der Waals surface area contributed by atoms with Gasteiger partial charge < -0.3 is 10.8 Å². The predicted molar refractivity (Wildman–Crippen MR) is 51.8 cm³/mol. The Balaban J connectivity index is 2.56. The normalized spacial score (nSPS) is 9.00. The highest BCUT2D eigenvalue weighted by molar-refractivity contribution is 5.42. The van der Waals surface area contributed by atoms with Crippen LogP contribution in [0.15, 0.2) is 18.3 Å². The molecule has 3 N–H and O–H groups in total. The average molecular weight is 176 g/mol. The zero-order valence-corrected chi connectivity index (χ0v) is 7.33. The molecule has 1 aromatic rings. The van der Waals surface area contributed by atoms with Crippen LogP contribution in [0.1, 0.15) is 18.5 Å². The number of anilines is 1. The Morgan fingerprint density at radius 2 is 2.38 bits per heavy atom. The van der Waals surface area contributed by atoms with Gasteiger partial charge in [-0.25, -0.2) is 4.98 Å². The molecule has 1 heterocycles. The van der Waals surface area contributed by atoms with Gasteiger partial charge in [-0.15, -0.1) is 0 Å². The van der Waals surface area contributed by atoms with Crippen LogP contribution in [0.3, 0.4) is 0 Å². The fraction of sp³-hybridized carbons (Fsp3) is 0.300. The molecule has 1 aromatic heterocycles. The second kappa shape index (κ2) is 5.18. The SMILES string of the molecule is Nc1ccnc(C#CCCCO)c1. The van der Waals surface area contributed by atoms with Gasteiger partial charge in [0, 0.05) is 24.9 Å². The van der Waals surface area contributed by atoms with E-state index in [0.29, 0.717) is 24.2 Å². The number of nitrogen functional groups attached to an aromatic ring is 1. The number of hydrogen-bond acceptors (Lipinski definition) is 3. The summed E-state index contributed by atoms with van der Waals surface area (Å²) in [5, 5.41) is 8.50. The molecule has 0 atom stereocenters. The second-order valence-corrected chi connectivity index (χ2v) is 2.60. The summed E-state index contributed by atoms with van der Waals surface area (Å²) in [6.45, 7) is 0.180. The standard InChI is InChI=1S/C10H12N2O/c11-9-5-6-12-10(8-9)4-2-1-3-7-13/h5-6,8,13H,1,3,7H2,(H2,11,12). The van der Waals surface area contributed by atoms with Gasteiger partial charge in [0.25, 0.3) is 0 Å². The van der Waals surface area contributed by atoms with Crippen LogP contribution < -0.4 is 5.73 Å². The van der Waals surface area contributed by atoms with E-state index in [2.05, 4.69) is 16.8 Å². The van der Waals surface area contributed by atoms with Crippen molar-refractivity contribution in [1.82, 2.24) is 4.98 Å². The lowest BCUT2D eigenvalue weighted by atomic mass is 10.3. The van der Waals surface area contributed by atoms with Crippen molar-refractivity contribution in [2.75, 3.05) is 12.3 Å². The third-order valence-electron chi connectivity index (χ3n) is 1.46. The van der Waals surface area contributed by atoms with Crippen molar-refractivity contribution in [3.8, 4) is 11.8 Å². The fourth-order valence-electron chi connectivity index (χ4n) is 0.836. The zero-order valence-electron chi connectivity index (χ0n) is 7.33. The number of aliphatic hydroxyl groups is 1. The van der Waals surface area contributed by atoms with Crippen molar-refractivity contribution in [1.29, 1.82) is 0 Å². The highest BCUT2D eigenvalue weighted by Crippen LogP contribution is 2.00. The number of rotatable bonds is 2. The van der Waals surface area contributed by atoms with Crippen molar-refractivity contribution in [3.63, 3.8) is 0 Å². The van der Waals surface area contributed by atoms with E-state index in [-0.39, 0.29) is 6.61 Å². The van der Waals surface area contributed by atoms with E-state index >= 15 is 0 Å². The summed E-state index contributed by atoms with van der Waals surface area (Å²) in [5.41, 5.74) is 6.89. The van der Waals surface area contributed by atoms with E-state index < -0.39 is 0 Å². The Bertz CT molecular complexity index is 325. The number of nitrogens with zero attached hydrogens (tertiary/aromatic N) is 1. The van der Waals surface area contributed by atoms with E-state index in [1.807, 2.05) is 0 Å². The predicted octanol–water partition coefficient (Wildman–Crippen LogP) is 0.788. The molecule has 0 saturated heterocycles. The van der Waals surface area contributed by atoms with Gasteiger partial charge in [0.2, 0.25) is 0 Å².